The van der Waals surface area contributed by atoms with Crippen LogP contribution < -0.4 is 5.69 Å². The zero-order valence-corrected chi connectivity index (χ0v) is 17.6. The number of H-pyrrole nitrogens is 1. The molecular weight excluding hydrogens is 404 g/mol. The first-order chi connectivity index (χ1) is 14.1. The molecule has 1 aromatic carbocycles. The smallest absolute Gasteiger partial charge is 0.326 e. The number of amides is 1. The molecule has 29 heavy (non-hydrogen) atoms. The number of para-hydroxylation sites is 2. The van der Waals surface area contributed by atoms with Crippen LogP contribution >= 0.6 is 22.7 Å². The van der Waals surface area contributed by atoms with Crippen molar-refractivity contribution in [3.8, 4) is 10.6 Å². The Kier molecular flexibility index (Phi) is 4.60. The molecule has 1 fully saturated rings. The number of nitrogens with zero attached hydrogens (tertiary/aromatic N) is 3. The molecule has 0 saturated carbocycles. The van der Waals surface area contributed by atoms with Crippen molar-refractivity contribution in [1.29, 1.82) is 0 Å². The molecule has 0 radical (unpaired) electrons. The molecule has 1 N–H and O–H groups in total. The lowest BCUT2D eigenvalue weighted by Crippen LogP contribution is -2.40. The van der Waals surface area contributed by atoms with Gasteiger partial charge in [-0.25, -0.2) is 9.78 Å². The molecule has 5 rings (SSSR count). The Labute approximate surface area is 175 Å². The molecule has 1 amide bonds. The fourth-order valence-electron chi connectivity index (χ4n) is 4.01. The molecule has 6 nitrogen and oxygen atoms in total. The van der Waals surface area contributed by atoms with Gasteiger partial charge in [0.15, 0.2) is 0 Å². The van der Waals surface area contributed by atoms with Crippen molar-refractivity contribution in [2.45, 2.75) is 25.8 Å². The second-order valence-electron chi connectivity index (χ2n) is 7.29. The van der Waals surface area contributed by atoms with Crippen LogP contribution in [0.1, 0.15) is 34.2 Å². The summed E-state index contributed by atoms with van der Waals surface area (Å²) in [6.45, 7) is 3.18. The average molecular weight is 425 g/mol. The van der Waals surface area contributed by atoms with Gasteiger partial charge in [-0.05, 0) is 43.3 Å². The molecule has 1 aliphatic heterocycles. The topological polar surface area (TPSA) is 71.0 Å². The van der Waals surface area contributed by atoms with E-state index in [1.165, 1.54) is 11.3 Å². The average Bonchev–Trinajstić information content (AvgIpc) is 3.45. The summed E-state index contributed by atoms with van der Waals surface area (Å²) in [4.78, 5) is 35.7. The highest BCUT2D eigenvalue weighted by molar-refractivity contribution is 7.17. The molecule has 0 unspecified atom stereocenters. The van der Waals surface area contributed by atoms with Gasteiger partial charge in [-0.1, -0.05) is 12.1 Å². The number of carbonyl (C=O) groups is 1. The monoisotopic (exact) mass is 424 g/mol. The van der Waals surface area contributed by atoms with Crippen LogP contribution in [0.25, 0.3) is 21.6 Å². The number of aromatic nitrogens is 3. The normalized spacial score (nSPS) is 15.3. The van der Waals surface area contributed by atoms with Crippen molar-refractivity contribution in [3.63, 3.8) is 0 Å². The van der Waals surface area contributed by atoms with Crippen LogP contribution in [0.4, 0.5) is 0 Å². The minimum absolute atomic E-state index is 0.0474. The van der Waals surface area contributed by atoms with E-state index in [0.29, 0.717) is 18.0 Å². The molecular formula is C21H20N4O2S2. The number of fused-ring (bicyclic) bond motifs is 1. The lowest BCUT2D eigenvalue weighted by molar-refractivity contribution is 0.0699. The number of nitrogens with one attached hydrogen (secondary N) is 1. The van der Waals surface area contributed by atoms with E-state index in [9.17, 15) is 9.59 Å². The Hall–Kier alpha value is -2.71. The predicted molar refractivity (Wildman–Crippen MR) is 117 cm³/mol. The van der Waals surface area contributed by atoms with E-state index < -0.39 is 0 Å². The van der Waals surface area contributed by atoms with Crippen molar-refractivity contribution in [1.82, 2.24) is 19.4 Å². The quantitative estimate of drug-likeness (QED) is 0.533. The summed E-state index contributed by atoms with van der Waals surface area (Å²) in [5.74, 6) is 0.0474. The number of hydrogen-bond donors (Lipinski definition) is 1. The van der Waals surface area contributed by atoms with E-state index >= 15 is 0 Å². The first kappa shape index (κ1) is 18.3. The fraction of sp³-hybridized carbons (Fsp3) is 0.286. The number of carbonyl (C=O) groups excluding carboxylic acids is 1. The Bertz CT molecular complexity index is 1230. The molecule has 8 heteroatoms. The minimum atomic E-state index is -0.0744. The maximum absolute atomic E-state index is 13.1. The number of hydrogen-bond acceptors (Lipinski definition) is 5. The molecule has 4 aromatic rings. The third-order valence-corrected chi connectivity index (χ3v) is 7.38. The maximum Gasteiger partial charge on any atom is 0.326 e. The van der Waals surface area contributed by atoms with Gasteiger partial charge in [0.1, 0.15) is 9.88 Å². The first-order valence-electron chi connectivity index (χ1n) is 9.60. The highest BCUT2D eigenvalue weighted by Crippen LogP contribution is 2.32. The summed E-state index contributed by atoms with van der Waals surface area (Å²) in [5, 5.41) is 4.97. The minimum Gasteiger partial charge on any atom is -0.338 e. The molecule has 0 spiro atoms. The van der Waals surface area contributed by atoms with Gasteiger partial charge in [-0.15, -0.1) is 11.3 Å². The van der Waals surface area contributed by atoms with Crippen molar-refractivity contribution in [2.24, 2.45) is 0 Å². The maximum atomic E-state index is 13.1. The summed E-state index contributed by atoms with van der Waals surface area (Å²) >= 11 is 3.09. The van der Waals surface area contributed by atoms with Gasteiger partial charge in [0.05, 0.1) is 16.7 Å². The SMILES string of the molecule is Cc1nc(-c2ccsc2)sc1C(=O)N1CCC(n2c(=O)[nH]c3ccccc32)CC1. The van der Waals surface area contributed by atoms with Crippen molar-refractivity contribution >= 4 is 39.6 Å². The summed E-state index contributed by atoms with van der Waals surface area (Å²) in [6.07, 6.45) is 1.53. The van der Waals surface area contributed by atoms with E-state index in [-0.39, 0.29) is 17.6 Å². The Morgan fingerprint density at radius 1 is 1.21 bits per heavy atom. The predicted octanol–water partition coefficient (Wildman–Crippen LogP) is 4.30. The molecule has 3 aromatic heterocycles. The summed E-state index contributed by atoms with van der Waals surface area (Å²) in [5.41, 5.74) is 3.57. The van der Waals surface area contributed by atoms with Gasteiger partial charge in [-0.2, -0.15) is 11.3 Å². The summed E-state index contributed by atoms with van der Waals surface area (Å²) in [7, 11) is 0. The van der Waals surface area contributed by atoms with Crippen LogP contribution in [0, 0.1) is 6.92 Å². The van der Waals surface area contributed by atoms with Crippen LogP contribution in [0.2, 0.25) is 0 Å². The number of piperidine rings is 1. The second kappa shape index (κ2) is 7.27. The number of aromatic amines is 1. The molecule has 1 aliphatic rings. The number of aryl methyl sites for hydroxylation is 1. The molecule has 0 atom stereocenters. The first-order valence-corrected chi connectivity index (χ1v) is 11.4. The van der Waals surface area contributed by atoms with Crippen molar-refractivity contribution in [3.05, 3.63) is 62.1 Å². The standard InChI is InChI=1S/C21H20N4O2S2/c1-13-18(29-19(22-13)14-8-11-28-12-14)20(26)24-9-6-15(7-10-24)25-17-5-3-2-4-16(17)23-21(25)27/h2-5,8,11-12,15H,6-7,9-10H2,1H3,(H,23,27). The molecule has 4 heterocycles. The third kappa shape index (κ3) is 3.22. The second-order valence-corrected chi connectivity index (χ2v) is 9.07. The van der Waals surface area contributed by atoms with E-state index in [0.717, 1.165) is 40.1 Å². The lowest BCUT2D eigenvalue weighted by Gasteiger charge is -2.32. The van der Waals surface area contributed by atoms with E-state index in [4.69, 9.17) is 0 Å². The van der Waals surface area contributed by atoms with E-state index in [1.807, 2.05) is 52.1 Å². The van der Waals surface area contributed by atoms with Crippen molar-refractivity contribution < 1.29 is 4.79 Å². The molecule has 0 bridgehead atoms. The van der Waals surface area contributed by atoms with Crippen LogP contribution in [0.15, 0.2) is 45.9 Å². The summed E-state index contributed by atoms with van der Waals surface area (Å²) < 4.78 is 1.85. The van der Waals surface area contributed by atoms with Gasteiger partial charge in [0, 0.05) is 30.1 Å². The van der Waals surface area contributed by atoms with Gasteiger partial charge < -0.3 is 9.88 Å². The Balaban J connectivity index is 1.34. The lowest BCUT2D eigenvalue weighted by atomic mass is 10.0. The zero-order valence-electron chi connectivity index (χ0n) is 15.9. The molecule has 0 aliphatic carbocycles. The fourth-order valence-corrected chi connectivity index (χ4v) is 5.76. The number of thiazole rings is 1. The van der Waals surface area contributed by atoms with Gasteiger partial charge in [0.2, 0.25) is 0 Å². The Morgan fingerprint density at radius 3 is 2.76 bits per heavy atom. The van der Waals surface area contributed by atoms with Crippen molar-refractivity contribution in [2.75, 3.05) is 13.1 Å². The van der Waals surface area contributed by atoms with Crippen LogP contribution in [-0.4, -0.2) is 38.4 Å². The van der Waals surface area contributed by atoms with Gasteiger partial charge in [-0.3, -0.25) is 9.36 Å². The number of thiophene rings is 1. The van der Waals surface area contributed by atoms with Gasteiger partial charge in [0.25, 0.3) is 5.91 Å². The third-order valence-electron chi connectivity index (χ3n) is 5.50. The number of benzene rings is 1. The van der Waals surface area contributed by atoms with E-state index in [2.05, 4.69) is 15.3 Å². The molecule has 148 valence electrons. The molecule has 1 saturated heterocycles. The number of rotatable bonds is 3. The van der Waals surface area contributed by atoms with Crippen LogP contribution in [0.5, 0.6) is 0 Å². The highest BCUT2D eigenvalue weighted by Gasteiger charge is 2.28. The van der Waals surface area contributed by atoms with Gasteiger partial charge >= 0.3 is 5.69 Å². The summed E-state index contributed by atoms with van der Waals surface area (Å²) in [6, 6.07) is 9.89. The number of likely N-dealkylation sites (tertiary alicyclic amines) is 1. The van der Waals surface area contributed by atoms with Crippen LogP contribution in [-0.2, 0) is 0 Å². The Morgan fingerprint density at radius 2 is 2.00 bits per heavy atom. The highest BCUT2D eigenvalue weighted by atomic mass is 32.1. The zero-order chi connectivity index (χ0) is 20.0. The van der Waals surface area contributed by atoms with E-state index in [1.54, 1.807) is 11.3 Å². The van der Waals surface area contributed by atoms with Crippen LogP contribution in [0.3, 0.4) is 0 Å². The largest absolute Gasteiger partial charge is 0.338 e. The number of imidazole rings is 1.